The number of carbonyl (C=O) groups is 3. The Morgan fingerprint density at radius 3 is 2.70 bits per heavy atom. The molecule has 3 amide bonds. The molecule has 0 aliphatic carbocycles. The van der Waals surface area contributed by atoms with Gasteiger partial charge in [0.25, 0.3) is 0 Å². The van der Waals surface area contributed by atoms with E-state index in [2.05, 4.69) is 15.6 Å². The molecule has 0 bridgehead atoms. The molecule has 0 saturated heterocycles. The summed E-state index contributed by atoms with van der Waals surface area (Å²) in [4.78, 5) is 36.9. The number of carbonyl (C=O) groups excluding carboxylic acids is 2. The first kappa shape index (κ1) is 15.5. The third-order valence-corrected chi connectivity index (χ3v) is 2.50. The summed E-state index contributed by atoms with van der Waals surface area (Å²) in [5, 5.41) is 13.7. The fourth-order valence-corrected chi connectivity index (χ4v) is 1.47. The van der Waals surface area contributed by atoms with E-state index < -0.39 is 23.9 Å². The highest BCUT2D eigenvalue weighted by atomic mass is 16.4. The standard InChI is InChI=1S/C11H17N5O4/c12-9(17)2-1-8(10(18)19)15-11(20)14-4-6-16-5-3-13-7-16/h3,5,7-8H,1-2,4,6H2,(H2,12,17)(H,18,19)(H2,14,15,20). The first-order valence-corrected chi connectivity index (χ1v) is 6.00. The second-order valence-electron chi connectivity index (χ2n) is 4.10. The topological polar surface area (TPSA) is 139 Å². The molecule has 1 atom stereocenters. The lowest BCUT2D eigenvalue weighted by atomic mass is 10.1. The van der Waals surface area contributed by atoms with Crippen LogP contribution in [0, 0.1) is 0 Å². The number of carboxylic acids is 1. The molecule has 0 aliphatic rings. The summed E-state index contributed by atoms with van der Waals surface area (Å²) in [7, 11) is 0. The zero-order valence-corrected chi connectivity index (χ0v) is 10.8. The van der Waals surface area contributed by atoms with E-state index in [-0.39, 0.29) is 12.8 Å². The van der Waals surface area contributed by atoms with Crippen LogP contribution in [0.1, 0.15) is 12.8 Å². The molecular formula is C11H17N5O4. The summed E-state index contributed by atoms with van der Waals surface area (Å²) >= 11 is 0. The molecule has 20 heavy (non-hydrogen) atoms. The van der Waals surface area contributed by atoms with Crippen molar-refractivity contribution in [3.63, 3.8) is 0 Å². The third-order valence-electron chi connectivity index (χ3n) is 2.50. The van der Waals surface area contributed by atoms with Crippen molar-refractivity contribution in [3.8, 4) is 0 Å². The van der Waals surface area contributed by atoms with Crippen molar-refractivity contribution in [1.29, 1.82) is 0 Å². The van der Waals surface area contributed by atoms with E-state index in [4.69, 9.17) is 10.8 Å². The molecule has 0 aliphatic heterocycles. The lowest BCUT2D eigenvalue weighted by molar-refractivity contribution is -0.139. The van der Waals surface area contributed by atoms with E-state index >= 15 is 0 Å². The number of aromatic nitrogens is 2. The largest absolute Gasteiger partial charge is 0.480 e. The van der Waals surface area contributed by atoms with Crippen molar-refractivity contribution in [2.24, 2.45) is 5.73 Å². The minimum Gasteiger partial charge on any atom is -0.480 e. The van der Waals surface area contributed by atoms with E-state index in [1.54, 1.807) is 23.3 Å². The fraction of sp³-hybridized carbons (Fsp3) is 0.455. The summed E-state index contributed by atoms with van der Waals surface area (Å²) in [6.07, 6.45) is 4.81. The number of imidazole rings is 1. The Morgan fingerprint density at radius 1 is 1.40 bits per heavy atom. The van der Waals surface area contributed by atoms with Gasteiger partial charge in [0.1, 0.15) is 6.04 Å². The average Bonchev–Trinajstić information content (AvgIpc) is 2.87. The minimum absolute atomic E-state index is 0.0421. The van der Waals surface area contributed by atoms with Gasteiger partial charge in [0.2, 0.25) is 5.91 Å². The number of nitrogens with one attached hydrogen (secondary N) is 2. The van der Waals surface area contributed by atoms with Gasteiger partial charge in [0.05, 0.1) is 6.33 Å². The van der Waals surface area contributed by atoms with Crippen LogP contribution in [0.2, 0.25) is 0 Å². The van der Waals surface area contributed by atoms with E-state index in [1.807, 2.05) is 0 Å². The molecule has 1 aromatic heterocycles. The van der Waals surface area contributed by atoms with Gasteiger partial charge in [-0.3, -0.25) is 4.79 Å². The second-order valence-corrected chi connectivity index (χ2v) is 4.10. The van der Waals surface area contributed by atoms with Gasteiger partial charge in [-0.1, -0.05) is 0 Å². The number of carboxylic acid groups (broad SMARTS) is 1. The van der Waals surface area contributed by atoms with Crippen molar-refractivity contribution in [2.75, 3.05) is 6.54 Å². The first-order chi connectivity index (χ1) is 9.49. The maximum Gasteiger partial charge on any atom is 0.326 e. The maximum absolute atomic E-state index is 11.5. The van der Waals surface area contributed by atoms with Crippen molar-refractivity contribution < 1.29 is 19.5 Å². The summed E-state index contributed by atoms with van der Waals surface area (Å²) in [5.41, 5.74) is 4.94. The number of nitrogens with zero attached hydrogens (tertiary/aromatic N) is 2. The van der Waals surface area contributed by atoms with E-state index in [0.717, 1.165) is 0 Å². The summed E-state index contributed by atoms with van der Waals surface area (Å²) in [6.45, 7) is 0.844. The first-order valence-electron chi connectivity index (χ1n) is 6.00. The van der Waals surface area contributed by atoms with Crippen LogP contribution in [0.5, 0.6) is 0 Å². The number of nitrogens with two attached hydrogens (primary N) is 1. The quantitative estimate of drug-likeness (QED) is 0.479. The molecule has 0 aromatic carbocycles. The Morgan fingerprint density at radius 2 is 2.15 bits per heavy atom. The highest BCUT2D eigenvalue weighted by molar-refractivity contribution is 5.83. The van der Waals surface area contributed by atoms with Gasteiger partial charge in [0.15, 0.2) is 0 Å². The van der Waals surface area contributed by atoms with Gasteiger partial charge in [0, 0.05) is 31.9 Å². The summed E-state index contributed by atoms with van der Waals surface area (Å²) in [5.74, 6) is -1.82. The number of primary amides is 1. The Bertz CT molecular complexity index is 459. The van der Waals surface area contributed by atoms with Crippen LogP contribution < -0.4 is 16.4 Å². The highest BCUT2D eigenvalue weighted by Crippen LogP contribution is 1.97. The number of hydrogen-bond acceptors (Lipinski definition) is 4. The molecule has 1 aromatic rings. The molecule has 9 nitrogen and oxygen atoms in total. The zero-order valence-electron chi connectivity index (χ0n) is 10.8. The molecule has 5 N–H and O–H groups in total. The maximum atomic E-state index is 11.5. The van der Waals surface area contributed by atoms with Crippen LogP contribution in [0.15, 0.2) is 18.7 Å². The number of hydrogen-bond donors (Lipinski definition) is 4. The second kappa shape index (κ2) is 7.77. The Balaban J connectivity index is 2.30. The number of rotatable bonds is 8. The molecule has 1 unspecified atom stereocenters. The molecule has 9 heteroatoms. The average molecular weight is 283 g/mol. The lowest BCUT2D eigenvalue weighted by Gasteiger charge is -2.14. The Labute approximate surface area is 115 Å². The van der Waals surface area contributed by atoms with Gasteiger partial charge < -0.3 is 26.0 Å². The van der Waals surface area contributed by atoms with Crippen LogP contribution in [-0.4, -0.2) is 45.2 Å². The normalized spacial score (nSPS) is 11.6. The molecule has 0 spiro atoms. The number of aliphatic carboxylic acids is 1. The van der Waals surface area contributed by atoms with Crippen LogP contribution in [0.3, 0.4) is 0 Å². The SMILES string of the molecule is NC(=O)CCC(NC(=O)NCCn1ccnc1)C(=O)O. The fourth-order valence-electron chi connectivity index (χ4n) is 1.47. The molecule has 1 rings (SSSR count). The van der Waals surface area contributed by atoms with Crippen molar-refractivity contribution in [3.05, 3.63) is 18.7 Å². The Hall–Kier alpha value is -2.58. The third kappa shape index (κ3) is 5.85. The molecule has 110 valence electrons. The van der Waals surface area contributed by atoms with E-state index in [9.17, 15) is 14.4 Å². The van der Waals surface area contributed by atoms with Crippen LogP contribution in [-0.2, 0) is 16.1 Å². The summed E-state index contributed by atoms with van der Waals surface area (Å²) in [6, 6.07) is -1.75. The zero-order chi connectivity index (χ0) is 15.0. The van der Waals surface area contributed by atoms with Gasteiger partial charge >= 0.3 is 12.0 Å². The van der Waals surface area contributed by atoms with E-state index in [1.165, 1.54) is 0 Å². The van der Waals surface area contributed by atoms with Gasteiger partial charge in [-0.2, -0.15) is 0 Å². The minimum atomic E-state index is -1.21. The molecule has 0 fully saturated rings. The highest BCUT2D eigenvalue weighted by Gasteiger charge is 2.20. The molecule has 1 heterocycles. The van der Waals surface area contributed by atoms with Crippen molar-refractivity contribution in [1.82, 2.24) is 20.2 Å². The molecule has 0 saturated carbocycles. The summed E-state index contributed by atoms with van der Waals surface area (Å²) < 4.78 is 1.77. The van der Waals surface area contributed by atoms with Crippen molar-refractivity contribution in [2.45, 2.75) is 25.4 Å². The number of urea groups is 1. The van der Waals surface area contributed by atoms with Crippen molar-refractivity contribution >= 4 is 17.9 Å². The molecule has 0 radical (unpaired) electrons. The molecular weight excluding hydrogens is 266 g/mol. The number of amides is 3. The van der Waals surface area contributed by atoms with Crippen LogP contribution in [0.4, 0.5) is 4.79 Å². The van der Waals surface area contributed by atoms with Crippen LogP contribution in [0.25, 0.3) is 0 Å². The monoisotopic (exact) mass is 283 g/mol. The predicted octanol–water partition coefficient (Wildman–Crippen LogP) is -1.10. The predicted molar refractivity (Wildman–Crippen MR) is 68.6 cm³/mol. The van der Waals surface area contributed by atoms with Gasteiger partial charge in [-0.05, 0) is 6.42 Å². The smallest absolute Gasteiger partial charge is 0.326 e. The van der Waals surface area contributed by atoms with E-state index in [0.29, 0.717) is 13.1 Å². The Kier molecular flexibility index (Phi) is 6.01. The van der Waals surface area contributed by atoms with Gasteiger partial charge in [-0.25, -0.2) is 14.6 Å². The van der Waals surface area contributed by atoms with Gasteiger partial charge in [-0.15, -0.1) is 0 Å². The lowest BCUT2D eigenvalue weighted by Crippen LogP contribution is -2.46. The van der Waals surface area contributed by atoms with Crippen LogP contribution >= 0.6 is 0 Å².